The predicted molar refractivity (Wildman–Crippen MR) is 73.5 cm³/mol. The van der Waals surface area contributed by atoms with Gasteiger partial charge in [0.15, 0.2) is 0 Å². The van der Waals surface area contributed by atoms with E-state index in [0.717, 1.165) is 26.2 Å². The Morgan fingerprint density at radius 2 is 2.21 bits per heavy atom. The molecule has 19 heavy (non-hydrogen) atoms. The molecule has 1 aliphatic rings. The summed E-state index contributed by atoms with van der Waals surface area (Å²) < 4.78 is 13.0. The molecule has 1 N–H and O–H groups in total. The molecule has 0 radical (unpaired) electrons. The summed E-state index contributed by atoms with van der Waals surface area (Å²) in [6, 6.07) is 6.68. The first kappa shape index (κ1) is 13.8. The Morgan fingerprint density at radius 1 is 1.42 bits per heavy atom. The Morgan fingerprint density at radius 3 is 2.95 bits per heavy atom. The lowest BCUT2D eigenvalue weighted by Gasteiger charge is -2.37. The van der Waals surface area contributed by atoms with E-state index in [2.05, 4.69) is 29.2 Å². The minimum absolute atomic E-state index is 0.354. The number of benzene rings is 1. The van der Waals surface area contributed by atoms with Crippen LogP contribution in [0.2, 0.25) is 0 Å². The van der Waals surface area contributed by atoms with Gasteiger partial charge in [0, 0.05) is 32.2 Å². The van der Waals surface area contributed by atoms with E-state index in [0.29, 0.717) is 17.3 Å². The van der Waals surface area contributed by atoms with Gasteiger partial charge in [-0.2, -0.15) is 5.26 Å². The van der Waals surface area contributed by atoms with Gasteiger partial charge in [-0.05, 0) is 32.3 Å². The molecule has 0 spiro atoms. The Kier molecular flexibility index (Phi) is 4.35. The zero-order valence-electron chi connectivity index (χ0n) is 11.4. The average Bonchev–Trinajstić information content (AvgIpc) is 2.40. The molecule has 0 aromatic heterocycles. The third-order valence-electron chi connectivity index (χ3n) is 3.61. The highest BCUT2D eigenvalue weighted by molar-refractivity contribution is 5.57. The summed E-state index contributed by atoms with van der Waals surface area (Å²) in [6.07, 6.45) is 0. The van der Waals surface area contributed by atoms with Gasteiger partial charge in [-0.15, -0.1) is 0 Å². The van der Waals surface area contributed by atoms with Crippen LogP contribution in [0.5, 0.6) is 0 Å². The number of anilines is 1. The number of nitrogens with one attached hydrogen (secondary N) is 1. The molecule has 1 aromatic carbocycles. The van der Waals surface area contributed by atoms with Crippen LogP contribution >= 0.6 is 0 Å². The Labute approximate surface area is 113 Å². The molecule has 1 heterocycles. The molecule has 1 atom stereocenters. The second-order valence-corrected chi connectivity index (χ2v) is 5.08. The maximum atomic E-state index is 13.0. The van der Waals surface area contributed by atoms with Gasteiger partial charge in [0.1, 0.15) is 11.9 Å². The summed E-state index contributed by atoms with van der Waals surface area (Å²) in [6.45, 7) is 3.86. The molecule has 5 heteroatoms. The fourth-order valence-electron chi connectivity index (χ4n) is 2.31. The Hall–Kier alpha value is -1.64. The van der Waals surface area contributed by atoms with Crippen molar-refractivity contribution in [3.63, 3.8) is 0 Å². The van der Waals surface area contributed by atoms with Crippen molar-refractivity contribution in [2.45, 2.75) is 6.04 Å². The lowest BCUT2D eigenvalue weighted by molar-refractivity contribution is 0.122. The van der Waals surface area contributed by atoms with Crippen LogP contribution in [-0.2, 0) is 0 Å². The number of rotatable bonds is 3. The Bertz CT molecular complexity index is 483. The molecule has 1 fully saturated rings. The summed E-state index contributed by atoms with van der Waals surface area (Å²) in [5.74, 6) is -0.378. The molecular weight excluding hydrogens is 243 g/mol. The van der Waals surface area contributed by atoms with Gasteiger partial charge in [-0.25, -0.2) is 4.39 Å². The topological polar surface area (TPSA) is 42.3 Å². The second kappa shape index (κ2) is 6.00. The minimum Gasteiger partial charge on any atom is -0.382 e. The molecule has 0 aliphatic carbocycles. The lowest BCUT2D eigenvalue weighted by Crippen LogP contribution is -2.52. The monoisotopic (exact) mass is 262 g/mol. The zero-order chi connectivity index (χ0) is 13.8. The van der Waals surface area contributed by atoms with Gasteiger partial charge < -0.3 is 10.2 Å². The van der Waals surface area contributed by atoms with E-state index in [1.807, 2.05) is 6.07 Å². The summed E-state index contributed by atoms with van der Waals surface area (Å²) in [5, 5.41) is 12.3. The van der Waals surface area contributed by atoms with E-state index < -0.39 is 0 Å². The summed E-state index contributed by atoms with van der Waals surface area (Å²) in [5.41, 5.74) is 1.05. The largest absolute Gasteiger partial charge is 0.382 e. The van der Waals surface area contributed by atoms with E-state index >= 15 is 0 Å². The number of nitriles is 1. The first-order valence-electron chi connectivity index (χ1n) is 6.42. The minimum atomic E-state index is -0.378. The SMILES string of the molecule is CN1CCN(C)C(CNc2ccc(F)cc2C#N)C1. The first-order chi connectivity index (χ1) is 9.10. The molecule has 102 valence electrons. The number of hydrogen-bond acceptors (Lipinski definition) is 4. The fraction of sp³-hybridized carbons (Fsp3) is 0.500. The van der Waals surface area contributed by atoms with Gasteiger partial charge in [-0.3, -0.25) is 4.90 Å². The first-order valence-corrected chi connectivity index (χ1v) is 6.42. The van der Waals surface area contributed by atoms with Crippen LogP contribution in [0.25, 0.3) is 0 Å². The highest BCUT2D eigenvalue weighted by Crippen LogP contribution is 2.16. The lowest BCUT2D eigenvalue weighted by atomic mass is 10.1. The van der Waals surface area contributed by atoms with Crippen molar-refractivity contribution in [3.05, 3.63) is 29.6 Å². The van der Waals surface area contributed by atoms with Crippen molar-refractivity contribution in [3.8, 4) is 6.07 Å². The standard InChI is InChI=1S/C14H19FN4/c1-18-5-6-19(2)13(10-18)9-17-14-4-3-12(15)7-11(14)8-16/h3-4,7,13,17H,5-6,9-10H2,1-2H3. The van der Waals surface area contributed by atoms with Crippen LogP contribution in [-0.4, -0.2) is 56.1 Å². The molecule has 1 aliphatic heterocycles. The molecule has 1 aromatic rings. The van der Waals surface area contributed by atoms with Crippen molar-refractivity contribution in [1.82, 2.24) is 9.80 Å². The second-order valence-electron chi connectivity index (χ2n) is 5.08. The third-order valence-corrected chi connectivity index (χ3v) is 3.61. The number of halogens is 1. The normalized spacial score (nSPS) is 21.1. The zero-order valence-corrected chi connectivity index (χ0v) is 11.4. The van der Waals surface area contributed by atoms with E-state index in [4.69, 9.17) is 5.26 Å². The van der Waals surface area contributed by atoms with Crippen LogP contribution in [0, 0.1) is 17.1 Å². The van der Waals surface area contributed by atoms with Crippen LogP contribution in [0.3, 0.4) is 0 Å². The van der Waals surface area contributed by atoms with E-state index in [1.165, 1.54) is 12.1 Å². The maximum Gasteiger partial charge on any atom is 0.124 e. The number of piperazine rings is 1. The molecule has 0 bridgehead atoms. The van der Waals surface area contributed by atoms with Gasteiger partial charge in [0.05, 0.1) is 11.3 Å². The van der Waals surface area contributed by atoms with Gasteiger partial charge in [-0.1, -0.05) is 0 Å². The average molecular weight is 262 g/mol. The number of hydrogen-bond donors (Lipinski definition) is 1. The molecule has 1 unspecified atom stereocenters. The van der Waals surface area contributed by atoms with Crippen molar-refractivity contribution in [1.29, 1.82) is 5.26 Å². The summed E-state index contributed by atoms with van der Waals surface area (Å²) in [4.78, 5) is 4.60. The van der Waals surface area contributed by atoms with Crippen molar-refractivity contribution in [2.75, 3.05) is 45.6 Å². The fourth-order valence-corrected chi connectivity index (χ4v) is 2.31. The van der Waals surface area contributed by atoms with Gasteiger partial charge in [0.2, 0.25) is 0 Å². The highest BCUT2D eigenvalue weighted by atomic mass is 19.1. The summed E-state index contributed by atoms with van der Waals surface area (Å²) >= 11 is 0. The third kappa shape index (κ3) is 3.43. The molecule has 2 rings (SSSR count). The highest BCUT2D eigenvalue weighted by Gasteiger charge is 2.21. The number of likely N-dealkylation sites (N-methyl/N-ethyl adjacent to an activating group) is 2. The van der Waals surface area contributed by atoms with Gasteiger partial charge in [0.25, 0.3) is 0 Å². The smallest absolute Gasteiger partial charge is 0.124 e. The predicted octanol–water partition coefficient (Wildman–Crippen LogP) is 1.36. The van der Waals surface area contributed by atoms with E-state index in [1.54, 1.807) is 6.07 Å². The molecule has 4 nitrogen and oxygen atoms in total. The van der Waals surface area contributed by atoms with Crippen molar-refractivity contribution < 1.29 is 4.39 Å². The van der Waals surface area contributed by atoms with Crippen LogP contribution in [0.1, 0.15) is 5.56 Å². The van der Waals surface area contributed by atoms with E-state index in [-0.39, 0.29) is 5.82 Å². The van der Waals surface area contributed by atoms with Crippen LogP contribution in [0.4, 0.5) is 10.1 Å². The molecule has 1 saturated heterocycles. The maximum absolute atomic E-state index is 13.0. The molecular formula is C14H19FN4. The number of nitrogens with zero attached hydrogens (tertiary/aromatic N) is 3. The van der Waals surface area contributed by atoms with Gasteiger partial charge >= 0.3 is 0 Å². The van der Waals surface area contributed by atoms with E-state index in [9.17, 15) is 4.39 Å². The molecule has 0 saturated carbocycles. The van der Waals surface area contributed by atoms with Crippen molar-refractivity contribution in [2.24, 2.45) is 0 Å². The molecule has 0 amide bonds. The van der Waals surface area contributed by atoms with Crippen molar-refractivity contribution >= 4 is 5.69 Å². The van der Waals surface area contributed by atoms with Crippen LogP contribution in [0.15, 0.2) is 18.2 Å². The Balaban J connectivity index is 2.00. The van der Waals surface area contributed by atoms with Crippen LogP contribution < -0.4 is 5.32 Å². The quantitative estimate of drug-likeness (QED) is 0.893. The summed E-state index contributed by atoms with van der Waals surface area (Å²) in [7, 11) is 4.22.